The summed E-state index contributed by atoms with van der Waals surface area (Å²) >= 11 is 0. The molecule has 0 spiro atoms. The van der Waals surface area contributed by atoms with E-state index in [4.69, 9.17) is 0 Å². The number of nitrogens with one attached hydrogen (secondary N) is 1. The van der Waals surface area contributed by atoms with E-state index in [0.717, 1.165) is 5.69 Å². The number of amides is 1. The molecular formula is C26H24BrNOP+. The number of benzene rings is 4. The van der Waals surface area contributed by atoms with Crippen molar-refractivity contribution in [2.75, 3.05) is 5.32 Å². The van der Waals surface area contributed by atoms with Gasteiger partial charge in [-0.05, 0) is 60.7 Å². The molecule has 0 heterocycles. The maximum atomic E-state index is 11.5. The fraction of sp³-hybridized carbons (Fsp3) is 0.0385. The van der Waals surface area contributed by atoms with Crippen molar-refractivity contribution in [1.29, 1.82) is 0 Å². The lowest BCUT2D eigenvalue weighted by Crippen LogP contribution is -2.38. The van der Waals surface area contributed by atoms with E-state index in [-0.39, 0.29) is 22.9 Å². The number of rotatable bonds is 5. The van der Waals surface area contributed by atoms with Gasteiger partial charge < -0.3 is 5.32 Å². The quantitative estimate of drug-likeness (QED) is 0.410. The van der Waals surface area contributed by atoms with Gasteiger partial charge in [-0.3, -0.25) is 4.79 Å². The number of anilines is 1. The summed E-state index contributed by atoms with van der Waals surface area (Å²) < 4.78 is 0. The summed E-state index contributed by atoms with van der Waals surface area (Å²) in [5, 5.41) is 8.07. The van der Waals surface area contributed by atoms with Crippen molar-refractivity contribution in [3.63, 3.8) is 0 Å². The fourth-order valence-electron chi connectivity index (χ4n) is 3.82. The second-order valence-electron chi connectivity index (χ2n) is 6.91. The van der Waals surface area contributed by atoms with Gasteiger partial charge in [0.1, 0.15) is 28.5 Å². The molecule has 0 aliphatic heterocycles. The highest BCUT2D eigenvalue weighted by atomic mass is 79.9. The molecule has 1 amide bonds. The summed E-state index contributed by atoms with van der Waals surface area (Å²) in [7, 11) is -2.07. The first-order valence-corrected chi connectivity index (χ1v) is 11.4. The van der Waals surface area contributed by atoms with E-state index in [9.17, 15) is 4.79 Å². The zero-order valence-corrected chi connectivity index (χ0v) is 19.3. The maximum absolute atomic E-state index is 11.5. The number of carbonyl (C=O) groups is 1. The molecule has 0 fully saturated rings. The second kappa shape index (κ2) is 9.84. The van der Waals surface area contributed by atoms with Gasteiger partial charge in [0.05, 0.1) is 0 Å². The smallest absolute Gasteiger partial charge is 0.221 e. The molecule has 0 aliphatic rings. The molecule has 30 heavy (non-hydrogen) atoms. The van der Waals surface area contributed by atoms with Crippen molar-refractivity contribution >= 4 is 57.1 Å². The van der Waals surface area contributed by atoms with Gasteiger partial charge in [-0.1, -0.05) is 54.6 Å². The molecule has 4 rings (SSSR count). The van der Waals surface area contributed by atoms with Gasteiger partial charge in [0, 0.05) is 12.6 Å². The van der Waals surface area contributed by atoms with Crippen LogP contribution in [0.1, 0.15) is 6.92 Å². The van der Waals surface area contributed by atoms with Crippen molar-refractivity contribution in [1.82, 2.24) is 0 Å². The fourth-order valence-corrected chi connectivity index (χ4v) is 8.06. The summed E-state index contributed by atoms with van der Waals surface area (Å²) in [6, 6.07) is 40.6. The Morgan fingerprint density at radius 1 is 0.567 bits per heavy atom. The largest absolute Gasteiger partial charge is 0.326 e. The van der Waals surface area contributed by atoms with E-state index < -0.39 is 7.26 Å². The summed E-state index contributed by atoms with van der Waals surface area (Å²) in [5.74, 6) is -0.0620. The monoisotopic (exact) mass is 476 g/mol. The van der Waals surface area contributed by atoms with E-state index in [1.165, 1.54) is 28.1 Å². The van der Waals surface area contributed by atoms with Crippen LogP contribution >= 0.6 is 24.2 Å². The summed E-state index contributed by atoms with van der Waals surface area (Å²) in [5.41, 5.74) is 0.813. The number of halogens is 1. The molecule has 0 aromatic heterocycles. The molecule has 0 saturated carbocycles. The lowest BCUT2D eigenvalue weighted by atomic mass is 10.3. The van der Waals surface area contributed by atoms with Crippen LogP contribution in [0, 0.1) is 0 Å². The summed E-state index contributed by atoms with van der Waals surface area (Å²) in [4.78, 5) is 11.5. The van der Waals surface area contributed by atoms with E-state index >= 15 is 0 Å². The van der Waals surface area contributed by atoms with E-state index in [1.54, 1.807) is 0 Å². The predicted octanol–water partition coefficient (Wildman–Crippen LogP) is 4.84. The average molecular weight is 477 g/mol. The number of hydrogen-bond acceptors (Lipinski definition) is 1. The molecule has 0 saturated heterocycles. The molecule has 0 radical (unpaired) electrons. The highest BCUT2D eigenvalue weighted by molar-refractivity contribution is 8.93. The summed E-state index contributed by atoms with van der Waals surface area (Å²) in [6.07, 6.45) is 0. The van der Waals surface area contributed by atoms with Crippen LogP contribution in [0.2, 0.25) is 0 Å². The molecule has 2 nitrogen and oxygen atoms in total. The van der Waals surface area contributed by atoms with Crippen molar-refractivity contribution < 1.29 is 4.79 Å². The van der Waals surface area contributed by atoms with Gasteiger partial charge >= 0.3 is 0 Å². The molecule has 4 aromatic rings. The average Bonchev–Trinajstić information content (AvgIpc) is 2.77. The lowest BCUT2D eigenvalue weighted by molar-refractivity contribution is -0.114. The SMILES string of the molecule is Br.CC(=O)Nc1ccc([P+](c2ccccc2)(c2ccccc2)c2ccccc2)cc1. The van der Waals surface area contributed by atoms with Crippen LogP contribution in [0.15, 0.2) is 115 Å². The Bertz CT molecular complexity index is 988. The first-order chi connectivity index (χ1) is 14.2. The van der Waals surface area contributed by atoms with Crippen LogP contribution < -0.4 is 26.5 Å². The highest BCUT2D eigenvalue weighted by Crippen LogP contribution is 2.54. The molecule has 1 N–H and O–H groups in total. The van der Waals surface area contributed by atoms with Crippen LogP contribution in [0.5, 0.6) is 0 Å². The topological polar surface area (TPSA) is 29.1 Å². The Morgan fingerprint density at radius 3 is 1.23 bits per heavy atom. The van der Waals surface area contributed by atoms with Crippen molar-refractivity contribution in [3.05, 3.63) is 115 Å². The van der Waals surface area contributed by atoms with E-state index in [1.807, 2.05) is 12.1 Å². The molecular weight excluding hydrogens is 453 g/mol. The van der Waals surface area contributed by atoms with Gasteiger partial charge in [0.25, 0.3) is 0 Å². The van der Waals surface area contributed by atoms with Gasteiger partial charge in [0.2, 0.25) is 5.91 Å². The Morgan fingerprint density at radius 2 is 0.900 bits per heavy atom. The van der Waals surface area contributed by atoms with Crippen LogP contribution in [0.4, 0.5) is 5.69 Å². The zero-order chi connectivity index (χ0) is 20.1. The predicted molar refractivity (Wildman–Crippen MR) is 136 cm³/mol. The van der Waals surface area contributed by atoms with Crippen LogP contribution in [-0.2, 0) is 4.79 Å². The van der Waals surface area contributed by atoms with E-state index in [2.05, 4.69) is 108 Å². The third-order valence-electron chi connectivity index (χ3n) is 5.01. The lowest BCUT2D eigenvalue weighted by Gasteiger charge is -2.27. The normalized spacial score (nSPS) is 10.7. The number of carbonyl (C=O) groups excluding carboxylic acids is 1. The van der Waals surface area contributed by atoms with Gasteiger partial charge in [-0.25, -0.2) is 0 Å². The third-order valence-corrected chi connectivity index (χ3v) is 9.30. The molecule has 4 aromatic carbocycles. The molecule has 0 atom stereocenters. The Hall–Kier alpha value is -2.74. The highest BCUT2D eigenvalue weighted by Gasteiger charge is 2.47. The molecule has 0 unspecified atom stereocenters. The Labute approximate surface area is 189 Å². The van der Waals surface area contributed by atoms with Crippen LogP contribution in [0.25, 0.3) is 0 Å². The standard InChI is InChI=1S/C26H22NOP.BrH/c1-21(28)27-22-17-19-26(20-18-22)29(23-11-5-2-6-12-23,24-13-7-3-8-14-24)25-15-9-4-10-16-25;/h2-20H,1H3;1H/p+1. The molecule has 4 heteroatoms. The van der Waals surface area contributed by atoms with Crippen molar-refractivity contribution in [2.24, 2.45) is 0 Å². The van der Waals surface area contributed by atoms with Crippen molar-refractivity contribution in [2.45, 2.75) is 6.92 Å². The van der Waals surface area contributed by atoms with Crippen molar-refractivity contribution in [3.8, 4) is 0 Å². The Kier molecular flexibility index (Phi) is 7.20. The van der Waals surface area contributed by atoms with Crippen LogP contribution in [0.3, 0.4) is 0 Å². The molecule has 150 valence electrons. The number of hydrogen-bond donors (Lipinski definition) is 1. The molecule has 0 bridgehead atoms. The third kappa shape index (κ3) is 4.23. The minimum atomic E-state index is -2.07. The first kappa shape index (κ1) is 22.0. The minimum Gasteiger partial charge on any atom is -0.326 e. The Balaban J connectivity index is 0.00000256. The van der Waals surface area contributed by atoms with E-state index in [0.29, 0.717) is 0 Å². The minimum absolute atomic E-state index is 0. The van der Waals surface area contributed by atoms with Gasteiger partial charge in [-0.15, -0.1) is 17.0 Å². The van der Waals surface area contributed by atoms with Gasteiger partial charge in [-0.2, -0.15) is 0 Å². The molecule has 0 aliphatic carbocycles. The first-order valence-electron chi connectivity index (χ1n) is 9.65. The van der Waals surface area contributed by atoms with Crippen LogP contribution in [-0.4, -0.2) is 5.91 Å². The second-order valence-corrected chi connectivity index (χ2v) is 10.3. The van der Waals surface area contributed by atoms with Gasteiger partial charge in [0.15, 0.2) is 0 Å². The maximum Gasteiger partial charge on any atom is 0.221 e. The summed E-state index contributed by atoms with van der Waals surface area (Å²) in [6.45, 7) is 1.53. The zero-order valence-electron chi connectivity index (χ0n) is 16.7.